The molecular weight excluding hydrogens is 430 g/mol. The quantitative estimate of drug-likeness (QED) is 0.593. The van der Waals surface area contributed by atoms with Gasteiger partial charge in [0.1, 0.15) is 0 Å². The van der Waals surface area contributed by atoms with Gasteiger partial charge in [-0.3, -0.25) is 14.7 Å². The Bertz CT molecular complexity index is 1140. The first kappa shape index (κ1) is 22.4. The summed E-state index contributed by atoms with van der Waals surface area (Å²) >= 11 is 1.55. The average molecular weight is 462 g/mol. The molecule has 1 fully saturated rings. The summed E-state index contributed by atoms with van der Waals surface area (Å²) in [4.78, 5) is 19.3. The Hall–Kier alpha value is -2.41. The predicted octanol–water partition coefficient (Wildman–Crippen LogP) is 4.32. The molecule has 6 heteroatoms. The highest BCUT2D eigenvalue weighted by molar-refractivity contribution is 7.99. The summed E-state index contributed by atoms with van der Waals surface area (Å²) in [6.07, 6.45) is 7.76. The number of nitrogens with zero attached hydrogens (tertiary/aromatic N) is 2. The number of pyridine rings is 1. The number of carbonyl (C=O) groups excluding carboxylic acids is 1. The number of rotatable bonds is 6. The fourth-order valence-electron chi connectivity index (χ4n) is 5.95. The highest BCUT2D eigenvalue weighted by Crippen LogP contribution is 2.52. The SMILES string of the molecule is CO[C@H]1[C@H](NC(=O)CSC)c2ccccc2C12CCN(Cc1cccc3cnccc13)CC2. The molecule has 2 aliphatic rings. The zero-order chi connectivity index (χ0) is 22.8. The summed E-state index contributed by atoms with van der Waals surface area (Å²) < 4.78 is 6.14. The zero-order valence-electron chi connectivity index (χ0n) is 19.3. The number of fused-ring (bicyclic) bond motifs is 3. The molecule has 1 aliphatic heterocycles. The number of benzene rings is 2. The third-order valence-electron chi connectivity index (χ3n) is 7.44. The van der Waals surface area contributed by atoms with E-state index >= 15 is 0 Å². The largest absolute Gasteiger partial charge is 0.378 e. The molecule has 33 heavy (non-hydrogen) atoms. The van der Waals surface area contributed by atoms with Crippen molar-refractivity contribution in [2.24, 2.45) is 0 Å². The molecule has 3 aromatic rings. The van der Waals surface area contributed by atoms with Crippen LogP contribution >= 0.6 is 11.8 Å². The van der Waals surface area contributed by atoms with Crippen molar-refractivity contribution in [3.63, 3.8) is 0 Å². The lowest BCUT2D eigenvalue weighted by Crippen LogP contribution is -2.50. The minimum atomic E-state index is -0.0945. The third-order valence-corrected chi connectivity index (χ3v) is 7.99. The van der Waals surface area contributed by atoms with E-state index < -0.39 is 0 Å². The van der Waals surface area contributed by atoms with Crippen molar-refractivity contribution < 1.29 is 9.53 Å². The van der Waals surface area contributed by atoms with Gasteiger partial charge < -0.3 is 10.1 Å². The van der Waals surface area contributed by atoms with Crippen LogP contribution < -0.4 is 5.32 Å². The van der Waals surface area contributed by atoms with Gasteiger partial charge in [0, 0.05) is 36.8 Å². The number of ether oxygens (including phenoxy) is 1. The molecule has 5 rings (SSSR count). The van der Waals surface area contributed by atoms with Crippen LogP contribution in [0.3, 0.4) is 0 Å². The van der Waals surface area contributed by atoms with Crippen molar-refractivity contribution in [3.05, 3.63) is 77.6 Å². The van der Waals surface area contributed by atoms with E-state index in [2.05, 4.69) is 63.7 Å². The van der Waals surface area contributed by atoms with Gasteiger partial charge in [0.05, 0.1) is 17.9 Å². The molecule has 0 radical (unpaired) electrons. The number of hydrogen-bond donors (Lipinski definition) is 1. The molecule has 1 N–H and O–H groups in total. The molecule has 2 atom stereocenters. The first-order valence-electron chi connectivity index (χ1n) is 11.6. The van der Waals surface area contributed by atoms with E-state index in [1.54, 1.807) is 18.9 Å². The fraction of sp³-hybridized carbons (Fsp3) is 0.407. The molecule has 1 aliphatic carbocycles. The first-order valence-corrected chi connectivity index (χ1v) is 13.0. The Kier molecular flexibility index (Phi) is 6.41. The molecule has 0 saturated carbocycles. The topological polar surface area (TPSA) is 54.5 Å². The Morgan fingerprint density at radius 3 is 2.79 bits per heavy atom. The number of carbonyl (C=O) groups is 1. The van der Waals surface area contributed by atoms with Crippen LogP contribution in [0, 0.1) is 0 Å². The van der Waals surface area contributed by atoms with Crippen molar-refractivity contribution >= 4 is 28.4 Å². The Morgan fingerprint density at radius 1 is 1.18 bits per heavy atom. The summed E-state index contributed by atoms with van der Waals surface area (Å²) in [6.45, 7) is 2.94. The number of methoxy groups -OCH3 is 1. The van der Waals surface area contributed by atoms with Crippen LogP contribution in [0.4, 0.5) is 0 Å². The lowest BCUT2D eigenvalue weighted by molar-refractivity contribution is -0.121. The van der Waals surface area contributed by atoms with E-state index in [0.29, 0.717) is 5.75 Å². The van der Waals surface area contributed by atoms with Gasteiger partial charge in [0.25, 0.3) is 0 Å². The van der Waals surface area contributed by atoms with Crippen molar-refractivity contribution in [1.82, 2.24) is 15.2 Å². The van der Waals surface area contributed by atoms with Crippen molar-refractivity contribution in [2.75, 3.05) is 32.2 Å². The molecule has 5 nitrogen and oxygen atoms in total. The van der Waals surface area contributed by atoms with Gasteiger partial charge in [-0.2, -0.15) is 11.8 Å². The molecule has 1 saturated heterocycles. The lowest BCUT2D eigenvalue weighted by Gasteiger charge is -2.44. The molecular formula is C27H31N3O2S. The Labute approximate surface area is 199 Å². The van der Waals surface area contributed by atoms with Crippen LogP contribution in [0.1, 0.15) is 35.6 Å². The van der Waals surface area contributed by atoms with Gasteiger partial charge in [-0.25, -0.2) is 0 Å². The summed E-state index contributed by atoms with van der Waals surface area (Å²) in [7, 11) is 1.79. The number of nitrogens with one attached hydrogen (secondary N) is 1. The molecule has 0 unspecified atom stereocenters. The normalized spacial score (nSPS) is 21.9. The minimum Gasteiger partial charge on any atom is -0.378 e. The van der Waals surface area contributed by atoms with Crippen LogP contribution in [-0.4, -0.2) is 54.1 Å². The molecule has 2 heterocycles. The van der Waals surface area contributed by atoms with Crippen LogP contribution in [-0.2, 0) is 21.5 Å². The second-order valence-corrected chi connectivity index (χ2v) is 10.0. The lowest BCUT2D eigenvalue weighted by atomic mass is 9.71. The van der Waals surface area contributed by atoms with Gasteiger partial charge in [-0.15, -0.1) is 0 Å². The number of amides is 1. The third kappa shape index (κ3) is 4.05. The second kappa shape index (κ2) is 9.45. The number of likely N-dealkylation sites (tertiary alicyclic amines) is 1. The summed E-state index contributed by atoms with van der Waals surface area (Å²) in [5.41, 5.74) is 3.85. The van der Waals surface area contributed by atoms with Crippen LogP contribution in [0.25, 0.3) is 10.8 Å². The Balaban J connectivity index is 1.38. The highest BCUT2D eigenvalue weighted by Gasteiger charge is 2.53. The predicted molar refractivity (Wildman–Crippen MR) is 134 cm³/mol. The standard InChI is InChI=1S/C27H31N3O2S/c1-32-26-25(29-24(31)18-33-2)22-8-3-4-9-23(22)27(26)11-14-30(15-12-27)17-20-7-5-6-19-16-28-13-10-21(19)20/h3-10,13,16,25-26H,11-12,14-15,17-18H2,1-2H3,(H,29,31)/t25-,26+/m1/s1. The highest BCUT2D eigenvalue weighted by atomic mass is 32.2. The maximum atomic E-state index is 12.5. The van der Waals surface area contributed by atoms with Gasteiger partial charge in [0.15, 0.2) is 0 Å². The molecule has 1 aromatic heterocycles. The van der Waals surface area contributed by atoms with Crippen LogP contribution in [0.2, 0.25) is 0 Å². The van der Waals surface area contributed by atoms with Gasteiger partial charge in [0.2, 0.25) is 5.91 Å². The Morgan fingerprint density at radius 2 is 2.00 bits per heavy atom. The summed E-state index contributed by atoms with van der Waals surface area (Å²) in [5, 5.41) is 5.75. The molecule has 0 bridgehead atoms. The van der Waals surface area contributed by atoms with Gasteiger partial charge in [-0.1, -0.05) is 42.5 Å². The van der Waals surface area contributed by atoms with E-state index in [1.807, 2.05) is 18.6 Å². The number of hydrogen-bond acceptors (Lipinski definition) is 5. The van der Waals surface area contributed by atoms with Crippen LogP contribution in [0.15, 0.2) is 60.9 Å². The second-order valence-electron chi connectivity index (χ2n) is 9.17. The molecule has 2 aromatic carbocycles. The van der Waals surface area contributed by atoms with Crippen molar-refractivity contribution in [3.8, 4) is 0 Å². The van der Waals surface area contributed by atoms with Crippen molar-refractivity contribution in [1.29, 1.82) is 0 Å². The number of thioether (sulfide) groups is 1. The van der Waals surface area contributed by atoms with Gasteiger partial charge >= 0.3 is 0 Å². The zero-order valence-corrected chi connectivity index (χ0v) is 20.1. The number of aromatic nitrogens is 1. The molecule has 1 amide bonds. The van der Waals surface area contributed by atoms with Gasteiger partial charge in [-0.05, 0) is 60.3 Å². The van der Waals surface area contributed by atoms with E-state index in [4.69, 9.17) is 4.74 Å². The van der Waals surface area contributed by atoms with Crippen molar-refractivity contribution in [2.45, 2.75) is 36.9 Å². The fourth-order valence-corrected chi connectivity index (χ4v) is 6.30. The first-order chi connectivity index (χ1) is 16.2. The minimum absolute atomic E-state index is 0.0496. The van der Waals surface area contributed by atoms with E-state index in [9.17, 15) is 4.79 Å². The maximum Gasteiger partial charge on any atom is 0.230 e. The summed E-state index contributed by atoms with van der Waals surface area (Å²) in [5.74, 6) is 0.542. The maximum absolute atomic E-state index is 12.5. The molecule has 172 valence electrons. The van der Waals surface area contributed by atoms with E-state index in [1.165, 1.54) is 27.5 Å². The molecule has 1 spiro atoms. The van der Waals surface area contributed by atoms with E-state index in [-0.39, 0.29) is 23.5 Å². The number of piperidine rings is 1. The monoisotopic (exact) mass is 461 g/mol. The smallest absolute Gasteiger partial charge is 0.230 e. The average Bonchev–Trinajstić information content (AvgIpc) is 3.09. The summed E-state index contributed by atoms with van der Waals surface area (Å²) in [6, 6.07) is 17.1. The van der Waals surface area contributed by atoms with Crippen LogP contribution in [0.5, 0.6) is 0 Å². The van der Waals surface area contributed by atoms with E-state index in [0.717, 1.165) is 32.5 Å².